The van der Waals surface area contributed by atoms with Crippen molar-refractivity contribution in [3.8, 4) is 5.75 Å². The van der Waals surface area contributed by atoms with Crippen molar-refractivity contribution in [1.29, 1.82) is 0 Å². The summed E-state index contributed by atoms with van der Waals surface area (Å²) in [5, 5.41) is 21.4. The number of carboxylic acid groups (broad SMARTS) is 3. The number of nitrogens with zero attached hydrogens (tertiary/aromatic N) is 3. The maximum atomic E-state index is 10.6. The zero-order valence-corrected chi connectivity index (χ0v) is 24.3. The number of halogens is 9. The molecule has 1 aromatic heterocycles. The molecule has 0 unspecified atom stereocenters. The lowest BCUT2D eigenvalue weighted by atomic mass is 10.1. The van der Waals surface area contributed by atoms with Crippen molar-refractivity contribution in [2.24, 2.45) is 5.92 Å². The summed E-state index contributed by atoms with van der Waals surface area (Å²) >= 11 is 0. The molecule has 0 saturated carbocycles. The molecule has 3 heterocycles. The third-order valence-electron chi connectivity index (χ3n) is 6.13. The molecule has 0 radical (unpaired) electrons. The van der Waals surface area contributed by atoms with Crippen molar-refractivity contribution in [2.75, 3.05) is 39.9 Å². The van der Waals surface area contributed by atoms with Gasteiger partial charge in [0, 0.05) is 63.1 Å². The van der Waals surface area contributed by atoms with Crippen LogP contribution in [0.15, 0.2) is 48.8 Å². The minimum absolute atomic E-state index is 0.337. The van der Waals surface area contributed by atoms with Gasteiger partial charge in [-0.25, -0.2) is 14.4 Å². The second-order valence-corrected chi connectivity index (χ2v) is 9.68. The highest BCUT2D eigenvalue weighted by Crippen LogP contribution is 2.28. The Kier molecular flexibility index (Phi) is 15.9. The van der Waals surface area contributed by atoms with Crippen LogP contribution in [0.5, 0.6) is 5.75 Å². The summed E-state index contributed by atoms with van der Waals surface area (Å²) < 4.78 is 107. The molecule has 20 heteroatoms. The molecule has 2 fully saturated rings. The van der Waals surface area contributed by atoms with E-state index in [1.165, 1.54) is 11.1 Å². The number of aliphatic carboxylic acids is 3. The summed E-state index contributed by atoms with van der Waals surface area (Å²) in [5.41, 5.74) is 2.52. The van der Waals surface area contributed by atoms with Crippen LogP contribution in [0, 0.1) is 5.92 Å². The Morgan fingerprint density at radius 1 is 0.809 bits per heavy atom. The fraction of sp³-hybridized carbons (Fsp3) is 0.481. The molecule has 2 atom stereocenters. The summed E-state index contributed by atoms with van der Waals surface area (Å²) in [6.07, 6.45) is -11.1. The lowest BCUT2D eigenvalue weighted by Crippen LogP contribution is -2.32. The predicted octanol–water partition coefficient (Wildman–Crippen LogP) is 4.32. The summed E-state index contributed by atoms with van der Waals surface area (Å²) in [6, 6.07) is 12.5. The van der Waals surface area contributed by atoms with Crippen molar-refractivity contribution in [1.82, 2.24) is 14.8 Å². The summed E-state index contributed by atoms with van der Waals surface area (Å²) in [5.74, 6) is -6.74. The molecule has 47 heavy (non-hydrogen) atoms. The molecule has 0 amide bonds. The average Bonchev–Trinajstić information content (AvgIpc) is 3.23. The highest BCUT2D eigenvalue weighted by molar-refractivity contribution is 5.73. The van der Waals surface area contributed by atoms with Crippen LogP contribution in [-0.2, 0) is 32.2 Å². The van der Waals surface area contributed by atoms with Crippen LogP contribution in [0.2, 0.25) is 0 Å². The Balaban J connectivity index is 0.000000430. The van der Waals surface area contributed by atoms with Crippen LogP contribution >= 0.6 is 0 Å². The van der Waals surface area contributed by atoms with Gasteiger partial charge < -0.3 is 24.8 Å². The van der Waals surface area contributed by atoms with Gasteiger partial charge >= 0.3 is 36.4 Å². The summed E-state index contributed by atoms with van der Waals surface area (Å²) in [7, 11) is 1.74. The molecule has 0 spiro atoms. The fourth-order valence-corrected chi connectivity index (χ4v) is 4.14. The first kappa shape index (κ1) is 40.9. The number of methoxy groups -OCH3 is 1. The number of carbonyl (C=O) groups is 3. The van der Waals surface area contributed by atoms with Gasteiger partial charge in [0.05, 0.1) is 19.8 Å². The van der Waals surface area contributed by atoms with E-state index in [-0.39, 0.29) is 0 Å². The van der Waals surface area contributed by atoms with Gasteiger partial charge in [-0.1, -0.05) is 24.3 Å². The van der Waals surface area contributed by atoms with E-state index in [4.69, 9.17) is 39.2 Å². The SMILES string of the molecule is COc1ccccc1CN1C[C@@H]2CN(Cc3cccnc3)CCO[C@@H]2C1.O=C(O)C(F)(F)F.O=C(O)C(F)(F)F.O=C(O)C(F)(F)F. The second-order valence-electron chi connectivity index (χ2n) is 9.68. The van der Waals surface area contributed by atoms with Crippen LogP contribution in [0.25, 0.3) is 0 Å². The molecular weight excluding hydrogens is 665 g/mol. The fourth-order valence-electron chi connectivity index (χ4n) is 4.14. The Bertz CT molecular complexity index is 1220. The number of pyridine rings is 1. The first-order valence-electron chi connectivity index (χ1n) is 13.1. The number of carboxylic acids is 3. The molecule has 1 aromatic carbocycles. The second kappa shape index (κ2) is 18.2. The minimum Gasteiger partial charge on any atom is -0.496 e. The molecule has 2 aromatic rings. The molecule has 3 N–H and O–H groups in total. The number of para-hydroxylation sites is 1. The summed E-state index contributed by atoms with van der Waals surface area (Å²) in [6.45, 7) is 6.84. The normalized spacial score (nSPS) is 18.4. The standard InChI is InChI=1S/C21H27N3O2.3C2HF3O2/c1-25-20-7-3-2-6-18(20)13-24-15-19-14-23(9-10-26-21(19)16-24)12-17-5-4-8-22-11-17;3*3-2(4,5)1(6)7/h2-8,11,19,21H,9-10,12-16H2,1H3;3*(H,6,7)/t19-,21+;;;/m0.../s1. The van der Waals surface area contributed by atoms with Crippen LogP contribution < -0.4 is 4.74 Å². The van der Waals surface area contributed by atoms with Gasteiger partial charge in [-0.3, -0.25) is 14.8 Å². The number of ether oxygens (including phenoxy) is 2. The average molecular weight is 696 g/mol. The predicted molar refractivity (Wildman–Crippen MR) is 142 cm³/mol. The van der Waals surface area contributed by atoms with E-state index in [9.17, 15) is 39.5 Å². The Morgan fingerprint density at radius 3 is 1.79 bits per heavy atom. The minimum atomic E-state index is -5.08. The molecule has 0 aliphatic carbocycles. The van der Waals surface area contributed by atoms with Crippen molar-refractivity contribution in [2.45, 2.75) is 37.7 Å². The van der Waals surface area contributed by atoms with E-state index >= 15 is 0 Å². The van der Waals surface area contributed by atoms with Gasteiger partial charge in [0.15, 0.2) is 0 Å². The van der Waals surface area contributed by atoms with Gasteiger partial charge in [-0.2, -0.15) is 39.5 Å². The van der Waals surface area contributed by atoms with E-state index in [0.29, 0.717) is 12.0 Å². The molecule has 11 nitrogen and oxygen atoms in total. The maximum Gasteiger partial charge on any atom is 0.490 e. The molecule has 4 rings (SSSR count). The third-order valence-corrected chi connectivity index (χ3v) is 6.13. The largest absolute Gasteiger partial charge is 0.496 e. The monoisotopic (exact) mass is 695 g/mol. The highest BCUT2D eigenvalue weighted by Gasteiger charge is 2.40. The van der Waals surface area contributed by atoms with Crippen LogP contribution in [-0.4, -0.2) is 113 Å². The van der Waals surface area contributed by atoms with Gasteiger partial charge in [0.25, 0.3) is 0 Å². The van der Waals surface area contributed by atoms with Crippen LogP contribution in [0.1, 0.15) is 11.1 Å². The van der Waals surface area contributed by atoms with Crippen LogP contribution in [0.4, 0.5) is 39.5 Å². The molecule has 0 bridgehead atoms. The highest BCUT2D eigenvalue weighted by atomic mass is 19.4. The van der Waals surface area contributed by atoms with Gasteiger partial charge in [-0.15, -0.1) is 0 Å². The van der Waals surface area contributed by atoms with Crippen molar-refractivity contribution in [3.05, 3.63) is 59.9 Å². The molecule has 2 aliphatic rings. The topological polar surface area (TPSA) is 150 Å². The number of benzene rings is 1. The van der Waals surface area contributed by atoms with Gasteiger partial charge in [-0.05, 0) is 17.7 Å². The quantitative estimate of drug-likeness (QED) is 0.384. The van der Waals surface area contributed by atoms with Gasteiger partial charge in [0.2, 0.25) is 0 Å². The first-order valence-corrected chi connectivity index (χ1v) is 13.1. The zero-order chi connectivity index (χ0) is 36.0. The van der Waals surface area contributed by atoms with Crippen molar-refractivity contribution in [3.63, 3.8) is 0 Å². The Morgan fingerprint density at radius 2 is 1.32 bits per heavy atom. The van der Waals surface area contributed by atoms with E-state index in [1.807, 2.05) is 30.6 Å². The van der Waals surface area contributed by atoms with Gasteiger partial charge in [0.1, 0.15) is 5.75 Å². The molecule has 2 saturated heterocycles. The van der Waals surface area contributed by atoms with E-state index < -0.39 is 36.4 Å². The van der Waals surface area contributed by atoms with E-state index in [2.05, 4.69) is 33.0 Å². The molecule has 2 aliphatic heterocycles. The van der Waals surface area contributed by atoms with Crippen LogP contribution in [0.3, 0.4) is 0 Å². The van der Waals surface area contributed by atoms with E-state index in [1.54, 1.807) is 7.11 Å². The van der Waals surface area contributed by atoms with Crippen molar-refractivity contribution >= 4 is 17.9 Å². The number of rotatable bonds is 5. The number of alkyl halides is 9. The Hall–Kier alpha value is -4.17. The number of hydrogen-bond acceptors (Lipinski definition) is 8. The number of aromatic nitrogens is 1. The number of hydrogen-bond donors (Lipinski definition) is 3. The zero-order valence-electron chi connectivity index (χ0n) is 24.3. The summed E-state index contributed by atoms with van der Waals surface area (Å²) in [4.78, 5) is 35.9. The smallest absolute Gasteiger partial charge is 0.490 e. The lowest BCUT2D eigenvalue weighted by molar-refractivity contribution is -0.193. The van der Waals surface area contributed by atoms with Crippen molar-refractivity contribution < 1.29 is 78.7 Å². The number of likely N-dealkylation sites (tertiary alicyclic amines) is 1. The van der Waals surface area contributed by atoms with E-state index in [0.717, 1.165) is 51.6 Å². The maximum absolute atomic E-state index is 10.6. The first-order chi connectivity index (χ1) is 21.6. The Labute approximate surface area is 261 Å². The lowest BCUT2D eigenvalue weighted by Gasteiger charge is -2.23. The third kappa shape index (κ3) is 15.8. The molecule has 264 valence electrons. The molecular formula is C27H30F9N3O8. The number of fused-ring (bicyclic) bond motifs is 1.